The number of sulfonamides is 1. The number of amides is 4. The van der Waals surface area contributed by atoms with Gasteiger partial charge in [0, 0.05) is 29.4 Å². The molecule has 4 amide bonds. The Morgan fingerprint density at radius 3 is 2.35 bits per heavy atom. The van der Waals surface area contributed by atoms with Crippen LogP contribution in [0.3, 0.4) is 0 Å². The molecule has 4 heterocycles. The molecule has 2 aromatic carbocycles. The van der Waals surface area contributed by atoms with Crippen LogP contribution in [-0.2, 0) is 29.1 Å². The molecule has 19 heteroatoms. The summed E-state index contributed by atoms with van der Waals surface area (Å²) in [5.41, 5.74) is 0.679. The molecule has 0 radical (unpaired) electrons. The zero-order chi connectivity index (χ0) is 45.5. The Morgan fingerprint density at radius 2 is 1.63 bits per heavy atom. The minimum absolute atomic E-state index is 0.0144. The smallest absolute Gasteiger partial charge is 0.408 e. The van der Waals surface area contributed by atoms with Crippen molar-refractivity contribution in [1.29, 1.82) is 0 Å². The lowest BCUT2D eigenvalue weighted by Gasteiger charge is -2.30. The van der Waals surface area contributed by atoms with E-state index in [1.807, 2.05) is 36.4 Å². The van der Waals surface area contributed by atoms with Crippen LogP contribution in [0.2, 0.25) is 0 Å². The molecule has 0 unspecified atom stereocenters. The van der Waals surface area contributed by atoms with Gasteiger partial charge >= 0.3 is 6.09 Å². The lowest BCUT2D eigenvalue weighted by molar-refractivity contribution is -0.141. The van der Waals surface area contributed by atoms with E-state index in [1.54, 1.807) is 22.7 Å². The third-order valence-electron chi connectivity index (χ3n) is 13.2. The second-order valence-corrected chi connectivity index (χ2v) is 19.6. The first-order valence-corrected chi connectivity index (χ1v) is 24.0. The van der Waals surface area contributed by atoms with Gasteiger partial charge in [0.2, 0.25) is 33.5 Å². The Bertz CT molecular complexity index is 2620. The molecule has 65 heavy (non-hydrogen) atoms. The van der Waals surface area contributed by atoms with Gasteiger partial charge in [0.05, 0.1) is 44.3 Å². The van der Waals surface area contributed by atoms with E-state index in [2.05, 4.69) is 15.4 Å². The fourth-order valence-corrected chi connectivity index (χ4v) is 10.8. The van der Waals surface area contributed by atoms with Gasteiger partial charge in [-0.15, -0.1) is 0 Å². The van der Waals surface area contributed by atoms with Crippen LogP contribution >= 0.6 is 0 Å². The van der Waals surface area contributed by atoms with Crippen molar-refractivity contribution in [1.82, 2.24) is 34.9 Å². The summed E-state index contributed by atoms with van der Waals surface area (Å²) in [7, 11) is 0.627. The van der Waals surface area contributed by atoms with Crippen molar-refractivity contribution >= 4 is 50.4 Å². The zero-order valence-electron chi connectivity index (χ0n) is 36.7. The molecule has 18 nitrogen and oxygen atoms in total. The number of carbonyl (C=O) groups excluding carboxylic acids is 4. The summed E-state index contributed by atoms with van der Waals surface area (Å²) in [5, 5.41) is 10.7. The number of benzene rings is 2. The summed E-state index contributed by atoms with van der Waals surface area (Å²) in [6.45, 7) is -0.0739. The summed E-state index contributed by atoms with van der Waals surface area (Å²) in [5.74, 6) is -0.931. The molecule has 2 aliphatic heterocycles. The van der Waals surface area contributed by atoms with Gasteiger partial charge in [-0.3, -0.25) is 19.1 Å². The third kappa shape index (κ3) is 8.98. The van der Waals surface area contributed by atoms with Gasteiger partial charge in [0.15, 0.2) is 17.1 Å². The highest BCUT2D eigenvalue weighted by molar-refractivity contribution is 7.91. The van der Waals surface area contributed by atoms with E-state index in [0.717, 1.165) is 43.9 Å². The van der Waals surface area contributed by atoms with E-state index < -0.39 is 68.7 Å². The monoisotopic (exact) mass is 913 g/mol. The minimum Gasteiger partial charge on any atom is -0.493 e. The molecule has 1 saturated heterocycles. The fraction of sp³-hybridized carbons (Fsp3) is 0.522. The Kier molecular flexibility index (Phi) is 12.2. The normalized spacial score (nSPS) is 25.7. The summed E-state index contributed by atoms with van der Waals surface area (Å²) in [4.78, 5) is 63.3. The molecule has 4 aromatic rings. The van der Waals surface area contributed by atoms with Crippen LogP contribution in [-0.4, -0.2) is 115 Å². The number of allylic oxidation sites excluding steroid dienone is 1. The van der Waals surface area contributed by atoms with Crippen molar-refractivity contribution in [2.45, 2.75) is 119 Å². The van der Waals surface area contributed by atoms with Crippen molar-refractivity contribution in [3.8, 4) is 34.4 Å². The third-order valence-corrected chi connectivity index (χ3v) is 15.0. The van der Waals surface area contributed by atoms with Gasteiger partial charge in [-0.2, -0.15) is 9.61 Å². The maximum atomic E-state index is 14.9. The van der Waals surface area contributed by atoms with Crippen LogP contribution in [0.5, 0.6) is 23.1 Å². The molecular weight excluding hydrogens is 859 g/mol. The van der Waals surface area contributed by atoms with Crippen LogP contribution in [0.15, 0.2) is 54.6 Å². The fourth-order valence-electron chi connectivity index (χ4n) is 9.42. The maximum Gasteiger partial charge on any atom is 0.408 e. The summed E-state index contributed by atoms with van der Waals surface area (Å²) >= 11 is 0. The van der Waals surface area contributed by atoms with E-state index >= 15 is 0 Å². The van der Waals surface area contributed by atoms with Crippen molar-refractivity contribution in [2.24, 2.45) is 5.92 Å². The van der Waals surface area contributed by atoms with Crippen LogP contribution in [0, 0.1) is 5.92 Å². The largest absolute Gasteiger partial charge is 0.493 e. The number of alkyl carbamates (subject to hydrolysis) is 1. The number of rotatable bonds is 11. The van der Waals surface area contributed by atoms with Crippen molar-refractivity contribution in [2.75, 3.05) is 27.9 Å². The van der Waals surface area contributed by atoms with Crippen LogP contribution < -0.4 is 34.3 Å². The van der Waals surface area contributed by atoms with Gasteiger partial charge in [-0.1, -0.05) is 37.1 Å². The molecule has 9 rings (SSSR count). The Balaban J connectivity index is 1.07. The van der Waals surface area contributed by atoms with Gasteiger partial charge in [-0.25, -0.2) is 18.2 Å². The van der Waals surface area contributed by atoms with E-state index in [0.29, 0.717) is 71.8 Å². The highest BCUT2D eigenvalue weighted by Gasteiger charge is 2.62. The molecule has 2 aromatic heterocycles. The number of hydrogen-bond donors (Lipinski definition) is 3. The van der Waals surface area contributed by atoms with Gasteiger partial charge in [0.1, 0.15) is 29.8 Å². The number of methoxy groups -OCH3 is 3. The molecule has 4 fully saturated rings. The quantitative estimate of drug-likeness (QED) is 0.170. The summed E-state index contributed by atoms with van der Waals surface area (Å²) in [6.07, 6.45) is 9.70. The maximum absolute atomic E-state index is 14.9. The highest BCUT2D eigenvalue weighted by Crippen LogP contribution is 2.46. The molecule has 3 N–H and O–H groups in total. The summed E-state index contributed by atoms with van der Waals surface area (Å²) < 4.78 is 59.3. The number of nitrogens with one attached hydrogen (secondary N) is 3. The zero-order valence-corrected chi connectivity index (χ0v) is 37.6. The molecule has 346 valence electrons. The standard InChI is InChI=1S/C46H55N7O11S/c1-60-37-21-27(22-38(61-2)40(37)62-3)35-24-39(53-41(47-35)32-16-11-12-17-33(32)50-53)63-30-23-36-42(54)49-46(44(56)51-65(58,59)31-19-20-31)25-28(46)13-7-5-4-6-8-18-34(43(55)52(36)26-30)48-45(57)64-29-14-9-10-15-29/h7,11-13,16-17,21-22,24,28-31,34,36H,4-6,8-10,14-15,18-20,23,25-26H2,1-3H3,(H,48,57)(H,49,54)(H,51,56)/b13-7-/t28-,30-,34-,36+,46-/m1/s1. The lowest BCUT2D eigenvalue weighted by Crippen LogP contribution is -2.58. The molecule has 0 bridgehead atoms. The van der Waals surface area contributed by atoms with E-state index in [4.69, 9.17) is 33.8 Å². The second-order valence-electron chi connectivity index (χ2n) is 17.6. The Hall–Kier alpha value is -6.11. The number of ether oxygens (including phenoxy) is 5. The van der Waals surface area contributed by atoms with E-state index in [1.165, 1.54) is 26.2 Å². The second kappa shape index (κ2) is 18.0. The molecular formula is C46H55N7O11S. The first-order valence-electron chi connectivity index (χ1n) is 22.5. The lowest BCUT2D eigenvalue weighted by atomic mass is 10.0. The topological polar surface area (TPSA) is 218 Å². The molecule has 5 aliphatic rings. The minimum atomic E-state index is -3.94. The van der Waals surface area contributed by atoms with Crippen molar-refractivity contribution in [3.05, 3.63) is 54.6 Å². The Labute approximate surface area is 376 Å². The van der Waals surface area contributed by atoms with E-state index in [-0.39, 0.29) is 31.4 Å². The van der Waals surface area contributed by atoms with E-state index in [9.17, 15) is 27.6 Å². The number of hydrogen-bond acceptors (Lipinski definition) is 13. The first kappa shape index (κ1) is 44.1. The average molecular weight is 914 g/mol. The van der Waals surface area contributed by atoms with Crippen LogP contribution in [0.1, 0.15) is 83.5 Å². The first-order chi connectivity index (χ1) is 31.4. The van der Waals surface area contributed by atoms with Gasteiger partial charge in [-0.05, 0) is 88.5 Å². The van der Waals surface area contributed by atoms with Crippen LogP contribution in [0.25, 0.3) is 27.8 Å². The molecule has 3 aliphatic carbocycles. The summed E-state index contributed by atoms with van der Waals surface area (Å²) in [6, 6.07) is 10.6. The Morgan fingerprint density at radius 1 is 0.892 bits per heavy atom. The van der Waals surface area contributed by atoms with Gasteiger partial charge < -0.3 is 39.2 Å². The molecule has 5 atom stereocenters. The average Bonchev–Trinajstić information content (AvgIpc) is 4.11. The van der Waals surface area contributed by atoms with Crippen LogP contribution in [0.4, 0.5) is 4.79 Å². The SMILES string of the molecule is COc1cc(-c2cc(O[C@@H]3C[C@H]4C(=O)N[C@]5(C(=O)NS(=O)(=O)C6CC6)C[C@H]5/C=C\CCCCC[C@@H](NC(=O)OC5CCCC5)C(=O)N4C3)n3nc4ccccc4c3n2)cc(OC)c1OC. The predicted molar refractivity (Wildman–Crippen MR) is 237 cm³/mol. The predicted octanol–water partition coefficient (Wildman–Crippen LogP) is 4.96. The highest BCUT2D eigenvalue weighted by atomic mass is 32.2. The van der Waals surface area contributed by atoms with Crippen molar-refractivity contribution < 1.29 is 51.3 Å². The molecule has 0 spiro atoms. The number of carbonyl (C=O) groups is 4. The number of nitrogens with zero attached hydrogens (tertiary/aromatic N) is 4. The number of fused-ring (bicyclic) bond motifs is 5. The number of aromatic nitrogens is 3. The van der Waals surface area contributed by atoms with Gasteiger partial charge in [0.25, 0.3) is 5.91 Å². The van der Waals surface area contributed by atoms with Crippen molar-refractivity contribution in [3.63, 3.8) is 0 Å². The molecule has 3 saturated carbocycles.